The SMILES string of the molecule is COc1cc(C(=O)NCCC(c2ccc(F)cc2)c2ccc(F)cc2)ccn1. The highest BCUT2D eigenvalue weighted by Crippen LogP contribution is 2.28. The van der Waals surface area contributed by atoms with Crippen LogP contribution >= 0.6 is 0 Å². The molecule has 0 spiro atoms. The number of nitrogens with one attached hydrogen (secondary N) is 1. The van der Waals surface area contributed by atoms with E-state index in [4.69, 9.17) is 4.74 Å². The fourth-order valence-electron chi connectivity index (χ4n) is 3.01. The number of pyridine rings is 1. The lowest BCUT2D eigenvalue weighted by Gasteiger charge is -2.18. The topological polar surface area (TPSA) is 51.2 Å². The average Bonchev–Trinajstić information content (AvgIpc) is 2.73. The van der Waals surface area contributed by atoms with Crippen LogP contribution in [0, 0.1) is 11.6 Å². The van der Waals surface area contributed by atoms with E-state index in [1.165, 1.54) is 37.6 Å². The van der Waals surface area contributed by atoms with Crippen molar-refractivity contribution in [2.75, 3.05) is 13.7 Å². The Bertz CT molecular complexity index is 883. The molecule has 3 rings (SSSR count). The Hall–Kier alpha value is -3.28. The van der Waals surface area contributed by atoms with Crippen LogP contribution in [0.25, 0.3) is 0 Å². The molecule has 6 heteroatoms. The number of benzene rings is 2. The third-order valence-electron chi connectivity index (χ3n) is 4.47. The smallest absolute Gasteiger partial charge is 0.251 e. The molecular formula is C22H20F2N2O2. The van der Waals surface area contributed by atoms with Gasteiger partial charge in [-0.25, -0.2) is 13.8 Å². The highest BCUT2D eigenvalue weighted by Gasteiger charge is 2.16. The molecule has 4 nitrogen and oxygen atoms in total. The van der Waals surface area contributed by atoms with Crippen LogP contribution in [0.3, 0.4) is 0 Å². The van der Waals surface area contributed by atoms with Gasteiger partial charge in [-0.15, -0.1) is 0 Å². The molecule has 144 valence electrons. The Balaban J connectivity index is 1.71. The fourth-order valence-corrected chi connectivity index (χ4v) is 3.01. The Kier molecular flexibility index (Phi) is 6.32. The van der Waals surface area contributed by atoms with Crippen molar-refractivity contribution in [2.45, 2.75) is 12.3 Å². The number of hydrogen-bond donors (Lipinski definition) is 1. The zero-order chi connectivity index (χ0) is 19.9. The summed E-state index contributed by atoms with van der Waals surface area (Å²) in [5.74, 6) is -0.614. The van der Waals surface area contributed by atoms with Gasteiger partial charge < -0.3 is 10.1 Å². The van der Waals surface area contributed by atoms with E-state index in [1.807, 2.05) is 0 Å². The van der Waals surface area contributed by atoms with Crippen molar-refractivity contribution in [3.05, 3.63) is 95.2 Å². The van der Waals surface area contributed by atoms with Crippen molar-refractivity contribution in [3.63, 3.8) is 0 Å². The van der Waals surface area contributed by atoms with E-state index in [0.717, 1.165) is 11.1 Å². The Labute approximate surface area is 162 Å². The van der Waals surface area contributed by atoms with Crippen LogP contribution in [0.2, 0.25) is 0 Å². The Morgan fingerprint density at radius 1 is 1.00 bits per heavy atom. The summed E-state index contributed by atoms with van der Waals surface area (Å²) in [4.78, 5) is 16.3. The van der Waals surface area contributed by atoms with E-state index in [9.17, 15) is 13.6 Å². The third-order valence-corrected chi connectivity index (χ3v) is 4.47. The van der Waals surface area contributed by atoms with Crippen LogP contribution < -0.4 is 10.1 Å². The molecule has 0 unspecified atom stereocenters. The number of aromatic nitrogens is 1. The second-order valence-corrected chi connectivity index (χ2v) is 6.29. The molecule has 1 heterocycles. The molecule has 0 aliphatic carbocycles. The molecule has 0 aliphatic heterocycles. The molecule has 1 amide bonds. The first kappa shape index (κ1) is 19.5. The summed E-state index contributed by atoms with van der Waals surface area (Å²) >= 11 is 0. The number of methoxy groups -OCH3 is 1. The van der Waals surface area contributed by atoms with Gasteiger partial charge >= 0.3 is 0 Å². The van der Waals surface area contributed by atoms with Gasteiger partial charge in [-0.1, -0.05) is 24.3 Å². The van der Waals surface area contributed by atoms with Crippen LogP contribution in [-0.2, 0) is 0 Å². The number of hydrogen-bond acceptors (Lipinski definition) is 3. The number of ether oxygens (including phenoxy) is 1. The van der Waals surface area contributed by atoms with Crippen molar-refractivity contribution < 1.29 is 18.3 Å². The molecule has 0 saturated carbocycles. The number of rotatable bonds is 7. The van der Waals surface area contributed by atoms with E-state index < -0.39 is 0 Å². The molecule has 0 bridgehead atoms. The second-order valence-electron chi connectivity index (χ2n) is 6.29. The summed E-state index contributed by atoms with van der Waals surface area (Å²) in [6.07, 6.45) is 2.08. The van der Waals surface area contributed by atoms with Gasteiger partial charge in [0.15, 0.2) is 0 Å². The first-order valence-electron chi connectivity index (χ1n) is 8.86. The molecule has 0 fully saturated rings. The number of nitrogens with zero attached hydrogens (tertiary/aromatic N) is 1. The number of halogens is 2. The quantitative estimate of drug-likeness (QED) is 0.662. The fraction of sp³-hybridized carbons (Fsp3) is 0.182. The highest BCUT2D eigenvalue weighted by molar-refractivity contribution is 5.94. The molecule has 1 N–H and O–H groups in total. The van der Waals surface area contributed by atoms with Gasteiger partial charge in [-0.3, -0.25) is 4.79 Å². The van der Waals surface area contributed by atoms with Crippen LogP contribution in [0.5, 0.6) is 5.88 Å². The van der Waals surface area contributed by atoms with E-state index in [-0.39, 0.29) is 23.5 Å². The zero-order valence-electron chi connectivity index (χ0n) is 15.4. The summed E-state index contributed by atoms with van der Waals surface area (Å²) < 4.78 is 31.6. The molecule has 3 aromatic rings. The molecule has 1 aromatic heterocycles. The van der Waals surface area contributed by atoms with Crippen LogP contribution in [-0.4, -0.2) is 24.5 Å². The molecule has 0 aliphatic rings. The summed E-state index contributed by atoms with van der Waals surface area (Å²) in [5, 5.41) is 2.87. The van der Waals surface area contributed by atoms with Crippen molar-refractivity contribution in [1.29, 1.82) is 0 Å². The maximum atomic E-state index is 13.3. The minimum atomic E-state index is -0.318. The summed E-state index contributed by atoms with van der Waals surface area (Å²) in [6, 6.07) is 15.6. The minimum Gasteiger partial charge on any atom is -0.481 e. The highest BCUT2D eigenvalue weighted by atomic mass is 19.1. The van der Waals surface area contributed by atoms with Gasteiger partial charge in [0.1, 0.15) is 11.6 Å². The molecule has 28 heavy (non-hydrogen) atoms. The number of carbonyl (C=O) groups excluding carboxylic acids is 1. The van der Waals surface area contributed by atoms with Crippen LogP contribution in [0.1, 0.15) is 33.8 Å². The van der Waals surface area contributed by atoms with Crippen molar-refractivity contribution in [3.8, 4) is 5.88 Å². The second kappa shape index (κ2) is 9.08. The van der Waals surface area contributed by atoms with Crippen LogP contribution in [0.15, 0.2) is 66.9 Å². The van der Waals surface area contributed by atoms with Gasteiger partial charge in [0.05, 0.1) is 7.11 Å². The Morgan fingerprint density at radius 3 is 2.11 bits per heavy atom. The van der Waals surface area contributed by atoms with Gasteiger partial charge in [0, 0.05) is 30.3 Å². The average molecular weight is 382 g/mol. The van der Waals surface area contributed by atoms with E-state index in [0.29, 0.717) is 24.4 Å². The van der Waals surface area contributed by atoms with Crippen molar-refractivity contribution in [2.24, 2.45) is 0 Å². The van der Waals surface area contributed by atoms with Gasteiger partial charge in [0.25, 0.3) is 5.91 Å². The first-order chi connectivity index (χ1) is 13.6. The molecule has 2 aromatic carbocycles. The molecule has 0 radical (unpaired) electrons. The molecular weight excluding hydrogens is 362 g/mol. The first-order valence-corrected chi connectivity index (χ1v) is 8.86. The van der Waals surface area contributed by atoms with E-state index in [1.54, 1.807) is 36.4 Å². The van der Waals surface area contributed by atoms with Gasteiger partial charge in [0.2, 0.25) is 5.88 Å². The summed E-state index contributed by atoms with van der Waals surface area (Å²) in [7, 11) is 1.49. The minimum absolute atomic E-state index is 0.103. The monoisotopic (exact) mass is 382 g/mol. The largest absolute Gasteiger partial charge is 0.481 e. The molecule has 0 saturated heterocycles. The lowest BCUT2D eigenvalue weighted by molar-refractivity contribution is 0.0952. The lowest BCUT2D eigenvalue weighted by atomic mass is 9.88. The normalized spacial score (nSPS) is 10.7. The maximum absolute atomic E-state index is 13.3. The maximum Gasteiger partial charge on any atom is 0.251 e. The van der Waals surface area contributed by atoms with E-state index in [2.05, 4.69) is 10.3 Å². The van der Waals surface area contributed by atoms with Gasteiger partial charge in [-0.2, -0.15) is 0 Å². The third kappa shape index (κ3) is 4.91. The van der Waals surface area contributed by atoms with Gasteiger partial charge in [-0.05, 0) is 47.9 Å². The van der Waals surface area contributed by atoms with E-state index >= 15 is 0 Å². The van der Waals surface area contributed by atoms with Crippen molar-refractivity contribution >= 4 is 5.91 Å². The number of amides is 1. The molecule has 0 atom stereocenters. The predicted molar refractivity (Wildman–Crippen MR) is 102 cm³/mol. The zero-order valence-corrected chi connectivity index (χ0v) is 15.4. The predicted octanol–water partition coefficient (Wildman–Crippen LogP) is 4.32. The van der Waals surface area contributed by atoms with Crippen LogP contribution in [0.4, 0.5) is 8.78 Å². The Morgan fingerprint density at radius 2 is 1.57 bits per heavy atom. The number of carbonyl (C=O) groups is 1. The summed E-state index contributed by atoms with van der Waals surface area (Å²) in [5.41, 5.74) is 2.24. The van der Waals surface area contributed by atoms with Crippen molar-refractivity contribution in [1.82, 2.24) is 10.3 Å². The summed E-state index contributed by atoms with van der Waals surface area (Å²) in [6.45, 7) is 0.392. The lowest BCUT2D eigenvalue weighted by Crippen LogP contribution is -2.26. The standard InChI is InChI=1S/C22H20F2N2O2/c1-28-21-14-17(10-12-25-21)22(27)26-13-11-20(15-2-6-18(23)7-3-15)16-4-8-19(24)9-5-16/h2-10,12,14,20H,11,13H2,1H3,(H,26,27).